The van der Waals surface area contributed by atoms with E-state index >= 15 is 0 Å². The highest BCUT2D eigenvalue weighted by Gasteiger charge is 2.37. The molecule has 0 fully saturated rings. The average molecular weight is 279 g/mol. The zero-order valence-electron chi connectivity index (χ0n) is 11.0. The van der Waals surface area contributed by atoms with Crippen LogP contribution >= 0.6 is 0 Å². The van der Waals surface area contributed by atoms with Gasteiger partial charge in [-0.1, -0.05) is 12.1 Å². The van der Waals surface area contributed by atoms with Crippen LogP contribution in [-0.2, 0) is 12.7 Å². The number of hydrogen-bond acceptors (Lipinski definition) is 2. The minimum atomic E-state index is -4.44. The van der Waals surface area contributed by atoms with Crippen molar-refractivity contribution >= 4 is 0 Å². The van der Waals surface area contributed by atoms with Gasteiger partial charge in [0.1, 0.15) is 0 Å². The normalized spacial score (nSPS) is 11.4. The standard InChI is InChI=1S/C14H12F3N3/c1-9-10(2)20(19-13(9)14(15,16)17)8-12-5-3-11(7-18)4-6-12/h3-6H,8H2,1-2H3. The molecule has 2 aromatic rings. The molecule has 1 heterocycles. The smallest absolute Gasteiger partial charge is 0.265 e. The summed E-state index contributed by atoms with van der Waals surface area (Å²) in [6.45, 7) is 3.27. The molecule has 0 spiro atoms. The van der Waals surface area contributed by atoms with E-state index < -0.39 is 11.9 Å². The summed E-state index contributed by atoms with van der Waals surface area (Å²) in [4.78, 5) is 0. The molecule has 0 radical (unpaired) electrons. The predicted octanol–water partition coefficient (Wildman–Crippen LogP) is 3.44. The van der Waals surface area contributed by atoms with E-state index in [-0.39, 0.29) is 12.1 Å². The third-order valence-electron chi connectivity index (χ3n) is 3.19. The molecule has 3 nitrogen and oxygen atoms in total. The number of halogens is 3. The molecule has 2 rings (SSSR count). The van der Waals surface area contributed by atoms with E-state index in [0.717, 1.165) is 5.56 Å². The molecule has 104 valence electrons. The van der Waals surface area contributed by atoms with Gasteiger partial charge >= 0.3 is 6.18 Å². The van der Waals surface area contributed by atoms with Crippen molar-refractivity contribution < 1.29 is 13.2 Å². The Bertz CT molecular complexity index is 661. The minimum absolute atomic E-state index is 0.145. The SMILES string of the molecule is Cc1c(C(F)(F)F)nn(Cc2ccc(C#N)cc2)c1C. The third-order valence-corrected chi connectivity index (χ3v) is 3.19. The number of alkyl halides is 3. The van der Waals surface area contributed by atoms with Crippen molar-refractivity contribution in [2.24, 2.45) is 0 Å². The van der Waals surface area contributed by atoms with Gasteiger partial charge in [0, 0.05) is 11.3 Å². The predicted molar refractivity (Wildman–Crippen MR) is 67.0 cm³/mol. The molecule has 0 aliphatic carbocycles. The van der Waals surface area contributed by atoms with Gasteiger partial charge in [-0.2, -0.15) is 23.5 Å². The van der Waals surface area contributed by atoms with Crippen molar-refractivity contribution in [3.8, 4) is 6.07 Å². The van der Waals surface area contributed by atoms with Gasteiger partial charge in [0.05, 0.1) is 18.2 Å². The van der Waals surface area contributed by atoms with Crippen LogP contribution in [-0.4, -0.2) is 9.78 Å². The first-order valence-corrected chi connectivity index (χ1v) is 5.93. The Kier molecular flexibility index (Phi) is 3.53. The maximum atomic E-state index is 12.8. The molecule has 1 aromatic carbocycles. The van der Waals surface area contributed by atoms with Crippen LogP contribution in [0, 0.1) is 25.2 Å². The average Bonchev–Trinajstić information content (AvgIpc) is 2.68. The summed E-state index contributed by atoms with van der Waals surface area (Å²) in [7, 11) is 0. The van der Waals surface area contributed by atoms with E-state index in [4.69, 9.17) is 5.26 Å². The molecule has 1 aromatic heterocycles. The van der Waals surface area contributed by atoms with E-state index in [1.807, 2.05) is 6.07 Å². The fourth-order valence-corrected chi connectivity index (χ4v) is 1.92. The van der Waals surface area contributed by atoms with Gasteiger partial charge in [-0.25, -0.2) is 0 Å². The lowest BCUT2D eigenvalue weighted by Crippen LogP contribution is -2.09. The van der Waals surface area contributed by atoms with Crippen LogP contribution in [0.4, 0.5) is 13.2 Å². The lowest BCUT2D eigenvalue weighted by atomic mass is 10.1. The maximum absolute atomic E-state index is 12.8. The van der Waals surface area contributed by atoms with Gasteiger partial charge < -0.3 is 0 Å². The van der Waals surface area contributed by atoms with Gasteiger partial charge in [0.25, 0.3) is 0 Å². The van der Waals surface area contributed by atoms with Gasteiger partial charge in [-0.15, -0.1) is 0 Å². The second-order valence-corrected chi connectivity index (χ2v) is 4.52. The second-order valence-electron chi connectivity index (χ2n) is 4.52. The molecule has 6 heteroatoms. The largest absolute Gasteiger partial charge is 0.435 e. The van der Waals surface area contributed by atoms with Crippen molar-refractivity contribution in [3.05, 3.63) is 52.3 Å². The van der Waals surface area contributed by atoms with E-state index in [1.54, 1.807) is 31.2 Å². The van der Waals surface area contributed by atoms with Crippen LogP contribution in [0.1, 0.15) is 28.1 Å². The summed E-state index contributed by atoms with van der Waals surface area (Å²) in [6.07, 6.45) is -4.44. The van der Waals surface area contributed by atoms with Crippen LogP contribution in [0.15, 0.2) is 24.3 Å². The number of rotatable bonds is 2. The number of hydrogen-bond donors (Lipinski definition) is 0. The lowest BCUT2D eigenvalue weighted by molar-refractivity contribution is -0.141. The molecule has 0 saturated carbocycles. The van der Waals surface area contributed by atoms with Crippen molar-refractivity contribution in [3.63, 3.8) is 0 Å². The summed E-state index contributed by atoms with van der Waals surface area (Å²) in [5.41, 5.74) is 1.10. The first-order chi connectivity index (χ1) is 9.32. The fourth-order valence-electron chi connectivity index (χ4n) is 1.92. The molecule has 0 saturated heterocycles. The molecular formula is C14H12F3N3. The Hall–Kier alpha value is -2.29. The number of nitriles is 1. The Balaban J connectivity index is 2.32. The van der Waals surface area contributed by atoms with Gasteiger partial charge in [0.2, 0.25) is 0 Å². The Labute approximate surface area is 114 Å². The summed E-state index contributed by atoms with van der Waals surface area (Å²) in [6, 6.07) is 8.67. The molecule has 0 aliphatic heterocycles. The quantitative estimate of drug-likeness (QED) is 0.845. The molecule has 0 N–H and O–H groups in total. The second kappa shape index (κ2) is 5.00. The number of aromatic nitrogens is 2. The highest BCUT2D eigenvalue weighted by Crippen LogP contribution is 2.32. The molecule has 0 bridgehead atoms. The molecule has 0 unspecified atom stereocenters. The minimum Gasteiger partial charge on any atom is -0.265 e. The highest BCUT2D eigenvalue weighted by atomic mass is 19.4. The number of benzene rings is 1. The first-order valence-electron chi connectivity index (χ1n) is 5.93. The molecule has 0 amide bonds. The highest BCUT2D eigenvalue weighted by molar-refractivity contribution is 5.32. The van der Waals surface area contributed by atoms with Crippen molar-refractivity contribution in [2.75, 3.05) is 0 Å². The topological polar surface area (TPSA) is 41.6 Å². The van der Waals surface area contributed by atoms with E-state index in [9.17, 15) is 13.2 Å². The van der Waals surface area contributed by atoms with E-state index in [2.05, 4.69) is 5.10 Å². The fraction of sp³-hybridized carbons (Fsp3) is 0.286. The molecule has 0 atom stereocenters. The van der Waals surface area contributed by atoms with Crippen molar-refractivity contribution in [2.45, 2.75) is 26.6 Å². The van der Waals surface area contributed by atoms with Crippen LogP contribution in [0.3, 0.4) is 0 Å². The summed E-state index contributed by atoms with van der Waals surface area (Å²) in [5.74, 6) is 0. The maximum Gasteiger partial charge on any atom is 0.435 e. The summed E-state index contributed by atoms with van der Waals surface area (Å²) >= 11 is 0. The molecular weight excluding hydrogens is 267 g/mol. The van der Waals surface area contributed by atoms with Crippen LogP contribution < -0.4 is 0 Å². The Morgan fingerprint density at radius 1 is 1.20 bits per heavy atom. The van der Waals surface area contributed by atoms with Crippen LogP contribution in [0.2, 0.25) is 0 Å². The first kappa shape index (κ1) is 14.1. The van der Waals surface area contributed by atoms with Gasteiger partial charge in [0.15, 0.2) is 5.69 Å². The van der Waals surface area contributed by atoms with Crippen LogP contribution in [0.5, 0.6) is 0 Å². The van der Waals surface area contributed by atoms with Gasteiger partial charge in [-0.3, -0.25) is 4.68 Å². The molecule has 20 heavy (non-hydrogen) atoms. The third kappa shape index (κ3) is 2.67. The van der Waals surface area contributed by atoms with E-state index in [1.165, 1.54) is 11.6 Å². The van der Waals surface area contributed by atoms with Crippen molar-refractivity contribution in [1.29, 1.82) is 5.26 Å². The zero-order valence-corrected chi connectivity index (χ0v) is 11.0. The lowest BCUT2D eigenvalue weighted by Gasteiger charge is -2.05. The summed E-state index contributed by atoms with van der Waals surface area (Å²) < 4.78 is 39.6. The van der Waals surface area contributed by atoms with Crippen molar-refractivity contribution in [1.82, 2.24) is 9.78 Å². The van der Waals surface area contributed by atoms with Gasteiger partial charge in [-0.05, 0) is 31.5 Å². The Morgan fingerprint density at radius 2 is 1.80 bits per heavy atom. The Morgan fingerprint density at radius 3 is 2.25 bits per heavy atom. The number of nitrogens with zero attached hydrogens (tertiary/aromatic N) is 3. The molecule has 0 aliphatic rings. The van der Waals surface area contributed by atoms with Crippen LogP contribution in [0.25, 0.3) is 0 Å². The zero-order chi connectivity index (χ0) is 14.9. The monoisotopic (exact) mass is 279 g/mol. The summed E-state index contributed by atoms with van der Waals surface area (Å²) in [5, 5.41) is 12.3. The van der Waals surface area contributed by atoms with E-state index in [0.29, 0.717) is 11.3 Å².